The lowest BCUT2D eigenvalue weighted by atomic mass is 9.27. The van der Waals surface area contributed by atoms with E-state index in [0.717, 1.165) is 5.41 Å². The van der Waals surface area contributed by atoms with Crippen molar-refractivity contribution in [1.29, 1.82) is 0 Å². The van der Waals surface area contributed by atoms with Crippen LogP contribution in [-0.2, 0) is 0 Å². The molecule has 10 atom stereocenters. The molecule has 12 rings (SSSR count). The third-order valence-corrected chi connectivity index (χ3v) is 12.5. The highest BCUT2D eigenvalue weighted by Crippen LogP contribution is 2.90. The maximum atomic E-state index is 1.76. The number of hydrogen-bond acceptors (Lipinski definition) is 0. The largest absolute Gasteiger partial charge is 0.0496 e. The third kappa shape index (κ3) is 0.737. The van der Waals surface area contributed by atoms with Gasteiger partial charge >= 0.3 is 0 Å². The lowest BCUT2D eigenvalue weighted by molar-refractivity contribution is -0.296. The Labute approximate surface area is 133 Å². The van der Waals surface area contributed by atoms with Crippen LogP contribution in [0.5, 0.6) is 0 Å². The first-order chi connectivity index (χ1) is 10.9. The average Bonchev–Trinajstić information content (AvgIpc) is 3.08. The van der Waals surface area contributed by atoms with Crippen LogP contribution in [0.3, 0.4) is 0 Å². The predicted molar refractivity (Wildman–Crippen MR) is 83.6 cm³/mol. The maximum absolute atomic E-state index is 1.76. The van der Waals surface area contributed by atoms with Crippen molar-refractivity contribution in [2.45, 2.75) is 44.9 Å². The van der Waals surface area contributed by atoms with Gasteiger partial charge in [0.15, 0.2) is 0 Å². The summed E-state index contributed by atoms with van der Waals surface area (Å²) < 4.78 is 0. The summed E-state index contributed by atoms with van der Waals surface area (Å²) >= 11 is 0. The van der Waals surface area contributed by atoms with Gasteiger partial charge in [0.25, 0.3) is 0 Å². The van der Waals surface area contributed by atoms with Crippen LogP contribution in [0.15, 0.2) is 0 Å². The summed E-state index contributed by atoms with van der Waals surface area (Å²) in [5, 5.41) is 0. The molecule has 0 aromatic heterocycles. The van der Waals surface area contributed by atoms with Crippen LogP contribution < -0.4 is 0 Å². The third-order valence-electron chi connectivity index (χ3n) is 12.5. The molecule has 12 aliphatic rings. The molecular formula is C22H28. The van der Waals surface area contributed by atoms with E-state index in [1.165, 1.54) is 82.9 Å². The van der Waals surface area contributed by atoms with Gasteiger partial charge in [-0.2, -0.15) is 0 Å². The normalized spacial score (nSPS) is 85.1. The quantitative estimate of drug-likeness (QED) is 0.618. The Kier molecular flexibility index (Phi) is 1.36. The summed E-state index contributed by atoms with van der Waals surface area (Å²) in [7, 11) is 0. The van der Waals surface area contributed by atoms with Crippen LogP contribution in [0.4, 0.5) is 0 Å². The van der Waals surface area contributed by atoms with Crippen molar-refractivity contribution < 1.29 is 0 Å². The van der Waals surface area contributed by atoms with E-state index >= 15 is 0 Å². The highest BCUT2D eigenvalue weighted by Gasteiger charge is 2.85. The summed E-state index contributed by atoms with van der Waals surface area (Å²) in [5.41, 5.74) is 0.949. The van der Waals surface area contributed by atoms with Crippen LogP contribution in [0, 0.1) is 88.3 Å². The molecule has 12 saturated carbocycles. The van der Waals surface area contributed by atoms with E-state index in [0.29, 0.717) is 0 Å². The molecule has 0 aromatic carbocycles. The fourth-order valence-electron chi connectivity index (χ4n) is 13.3. The molecule has 0 radical (unpaired) electrons. The Hall–Kier alpha value is 0. The van der Waals surface area contributed by atoms with Crippen LogP contribution in [-0.4, -0.2) is 0 Å². The lowest BCUT2D eigenvalue weighted by Crippen LogP contribution is -2.72. The molecule has 12 fully saturated rings. The SMILES string of the molecule is C1C2CC3C4CC56CC7C8CCC7C7C8C5C(C14)C(C2)C3C76. The van der Waals surface area contributed by atoms with Crippen molar-refractivity contribution in [3.8, 4) is 0 Å². The highest BCUT2D eigenvalue weighted by molar-refractivity contribution is 5.33. The van der Waals surface area contributed by atoms with Gasteiger partial charge in [-0.3, -0.25) is 0 Å². The van der Waals surface area contributed by atoms with E-state index in [-0.39, 0.29) is 0 Å². The topological polar surface area (TPSA) is 0 Å². The Balaban J connectivity index is 1.38. The van der Waals surface area contributed by atoms with E-state index in [1.54, 1.807) is 44.9 Å². The van der Waals surface area contributed by atoms with Gasteiger partial charge in [0.1, 0.15) is 0 Å². The standard InChI is InChI=1S/C22H28/c1-2-10-14-6-22-7-15-11-3-8-4-12(15)17-13(5-8)16(11)20(22)18(9(1)14)19(10)21(17)22/h8-21H,1-7H2. The molecule has 0 aliphatic heterocycles. The van der Waals surface area contributed by atoms with Gasteiger partial charge in [0, 0.05) is 0 Å². The summed E-state index contributed by atoms with van der Waals surface area (Å²) in [6.07, 6.45) is 11.9. The first kappa shape index (κ1) is 10.8. The average molecular weight is 292 g/mol. The van der Waals surface area contributed by atoms with Crippen molar-refractivity contribution in [2.75, 3.05) is 0 Å². The summed E-state index contributed by atoms with van der Waals surface area (Å²) in [5.74, 6) is 17.5. The van der Waals surface area contributed by atoms with Gasteiger partial charge in [0.2, 0.25) is 0 Å². The zero-order valence-corrected chi connectivity index (χ0v) is 13.5. The van der Waals surface area contributed by atoms with E-state index in [1.807, 2.05) is 0 Å². The lowest BCUT2D eigenvalue weighted by Gasteiger charge is -2.77. The Morgan fingerprint density at radius 3 is 1.68 bits per heavy atom. The molecule has 22 heavy (non-hydrogen) atoms. The van der Waals surface area contributed by atoms with Crippen molar-refractivity contribution in [3.05, 3.63) is 0 Å². The zero-order valence-electron chi connectivity index (χ0n) is 13.5. The molecule has 116 valence electrons. The number of rotatable bonds is 0. The smallest absolute Gasteiger partial charge is 0.0224 e. The van der Waals surface area contributed by atoms with Crippen molar-refractivity contribution in [2.24, 2.45) is 88.3 Å². The fraction of sp³-hybridized carbons (Fsp3) is 1.00. The van der Waals surface area contributed by atoms with E-state index in [9.17, 15) is 0 Å². The molecule has 1 spiro atoms. The molecule has 0 heteroatoms. The second-order valence-electron chi connectivity index (χ2n) is 11.8. The minimum absolute atomic E-state index is 0.949. The molecule has 0 heterocycles. The van der Waals surface area contributed by atoms with E-state index < -0.39 is 0 Å². The molecular weight excluding hydrogens is 264 g/mol. The van der Waals surface area contributed by atoms with Gasteiger partial charge in [-0.05, 0) is 133 Å². The molecule has 10 unspecified atom stereocenters. The molecule has 12 aliphatic carbocycles. The summed E-state index contributed by atoms with van der Waals surface area (Å²) in [4.78, 5) is 0. The Morgan fingerprint density at radius 1 is 0.500 bits per heavy atom. The first-order valence-corrected chi connectivity index (χ1v) is 10.9. The second kappa shape index (κ2) is 2.78. The molecule has 0 amide bonds. The molecule has 0 nitrogen and oxygen atoms in total. The van der Waals surface area contributed by atoms with Crippen LogP contribution in [0.2, 0.25) is 0 Å². The van der Waals surface area contributed by atoms with Crippen LogP contribution in [0.1, 0.15) is 44.9 Å². The molecule has 0 N–H and O–H groups in total. The van der Waals surface area contributed by atoms with Gasteiger partial charge in [-0.15, -0.1) is 0 Å². The van der Waals surface area contributed by atoms with E-state index in [2.05, 4.69) is 0 Å². The van der Waals surface area contributed by atoms with Crippen LogP contribution in [0.25, 0.3) is 0 Å². The van der Waals surface area contributed by atoms with Gasteiger partial charge < -0.3 is 0 Å². The van der Waals surface area contributed by atoms with Crippen LogP contribution >= 0.6 is 0 Å². The predicted octanol–water partition coefficient (Wildman–Crippen LogP) is 4.45. The molecule has 15 bridgehead atoms. The highest BCUT2D eigenvalue weighted by atomic mass is 14.9. The summed E-state index contributed by atoms with van der Waals surface area (Å²) in [6, 6.07) is 0. The minimum Gasteiger partial charge on any atom is -0.0496 e. The molecule has 0 saturated heterocycles. The monoisotopic (exact) mass is 292 g/mol. The van der Waals surface area contributed by atoms with Crippen molar-refractivity contribution in [3.63, 3.8) is 0 Å². The van der Waals surface area contributed by atoms with Gasteiger partial charge in [-0.1, -0.05) is 0 Å². The zero-order chi connectivity index (χ0) is 13.5. The first-order valence-electron chi connectivity index (χ1n) is 10.9. The van der Waals surface area contributed by atoms with Gasteiger partial charge in [0.05, 0.1) is 0 Å². The minimum atomic E-state index is 0.949. The van der Waals surface area contributed by atoms with Gasteiger partial charge in [-0.25, -0.2) is 0 Å². The maximum Gasteiger partial charge on any atom is -0.0224 e. The van der Waals surface area contributed by atoms with Crippen molar-refractivity contribution in [1.82, 2.24) is 0 Å². The molecule has 0 aromatic rings. The number of hydrogen-bond donors (Lipinski definition) is 0. The fourth-order valence-corrected chi connectivity index (χ4v) is 13.3. The Morgan fingerprint density at radius 2 is 1.05 bits per heavy atom. The van der Waals surface area contributed by atoms with Crippen molar-refractivity contribution >= 4 is 0 Å². The Bertz CT molecular complexity index is 590. The van der Waals surface area contributed by atoms with E-state index in [4.69, 9.17) is 0 Å². The summed E-state index contributed by atoms with van der Waals surface area (Å²) in [6.45, 7) is 0. The second-order valence-corrected chi connectivity index (χ2v) is 11.8.